The average molecular weight is 414 g/mol. The summed E-state index contributed by atoms with van der Waals surface area (Å²) in [5, 5.41) is 5.56. The maximum absolute atomic E-state index is 12.2. The van der Waals surface area contributed by atoms with Crippen LogP contribution in [0.25, 0.3) is 0 Å². The van der Waals surface area contributed by atoms with E-state index in [0.29, 0.717) is 24.0 Å². The minimum Gasteiger partial charge on any atom is -0.491 e. The molecule has 0 aliphatic rings. The number of benzene rings is 1. The van der Waals surface area contributed by atoms with Gasteiger partial charge in [0.25, 0.3) is 0 Å². The van der Waals surface area contributed by atoms with E-state index in [2.05, 4.69) is 24.7 Å². The smallest absolute Gasteiger partial charge is 0.325 e. The molecule has 1 aromatic heterocycles. The molecule has 11 heteroatoms. The van der Waals surface area contributed by atoms with Gasteiger partial charge in [-0.15, -0.1) is 0 Å². The van der Waals surface area contributed by atoms with Crippen LogP contribution in [-0.4, -0.2) is 36.7 Å². The summed E-state index contributed by atoms with van der Waals surface area (Å²) in [7, 11) is -3.34. The van der Waals surface area contributed by atoms with Crippen molar-refractivity contribution in [3.63, 3.8) is 0 Å². The number of sulfonamides is 1. The summed E-state index contributed by atoms with van der Waals surface area (Å²) in [6, 6.07) is 5.01. The number of nitrogens with zero attached hydrogens (tertiary/aromatic N) is 2. The number of aromatic nitrogens is 2. The minimum atomic E-state index is -3.34. The zero-order chi connectivity index (χ0) is 20.0. The van der Waals surface area contributed by atoms with Crippen molar-refractivity contribution in [1.82, 2.24) is 14.1 Å². The van der Waals surface area contributed by atoms with Crippen LogP contribution in [0.5, 0.6) is 5.75 Å². The molecule has 2 rings (SSSR count). The van der Waals surface area contributed by atoms with Crippen LogP contribution in [0.1, 0.15) is 25.2 Å². The Kier molecular flexibility index (Phi) is 7.11. The number of ether oxygens (including phenoxy) is 1. The molecule has 9 nitrogen and oxygen atoms in total. The third-order valence-corrected chi connectivity index (χ3v) is 4.48. The molecule has 0 unspecified atom stereocenters. The number of rotatable bonds is 8. The van der Waals surface area contributed by atoms with E-state index in [0.717, 1.165) is 23.4 Å². The SMILES string of the molecule is Cc1ccc(NC(=O)Nc2nc(CNS(C)(=O)=O)ns2)c(OCC(C)C)c1. The van der Waals surface area contributed by atoms with Crippen LogP contribution in [0.4, 0.5) is 15.6 Å². The van der Waals surface area contributed by atoms with Gasteiger partial charge in [0.05, 0.1) is 25.1 Å². The van der Waals surface area contributed by atoms with Crippen LogP contribution in [0.15, 0.2) is 18.2 Å². The van der Waals surface area contributed by atoms with Crippen LogP contribution in [0.2, 0.25) is 0 Å². The highest BCUT2D eigenvalue weighted by atomic mass is 32.2. The summed E-state index contributed by atoms with van der Waals surface area (Å²) in [6.07, 6.45) is 1.05. The molecular weight excluding hydrogens is 390 g/mol. The van der Waals surface area contributed by atoms with Gasteiger partial charge in [-0.2, -0.15) is 4.37 Å². The molecule has 0 aliphatic heterocycles. The topological polar surface area (TPSA) is 122 Å². The lowest BCUT2D eigenvalue weighted by atomic mass is 10.2. The van der Waals surface area contributed by atoms with Crippen molar-refractivity contribution in [2.45, 2.75) is 27.3 Å². The number of carbonyl (C=O) groups is 1. The third-order valence-electron chi connectivity index (χ3n) is 3.14. The van der Waals surface area contributed by atoms with Crippen LogP contribution in [0.3, 0.4) is 0 Å². The van der Waals surface area contributed by atoms with E-state index >= 15 is 0 Å². The molecule has 0 bridgehead atoms. The molecule has 0 spiro atoms. The van der Waals surface area contributed by atoms with E-state index in [1.165, 1.54) is 0 Å². The molecule has 2 amide bonds. The fourth-order valence-corrected chi connectivity index (χ4v) is 2.90. The van der Waals surface area contributed by atoms with Crippen LogP contribution < -0.4 is 20.1 Å². The van der Waals surface area contributed by atoms with Gasteiger partial charge in [0, 0.05) is 11.5 Å². The summed E-state index contributed by atoms with van der Waals surface area (Å²) >= 11 is 0.961. The molecule has 0 aliphatic carbocycles. The number of urea groups is 1. The van der Waals surface area contributed by atoms with Crippen molar-refractivity contribution in [2.24, 2.45) is 5.92 Å². The maximum Gasteiger partial charge on any atom is 0.325 e. The number of amides is 2. The van der Waals surface area contributed by atoms with Gasteiger partial charge in [-0.1, -0.05) is 19.9 Å². The Balaban J connectivity index is 1.98. The largest absolute Gasteiger partial charge is 0.491 e. The first kappa shape index (κ1) is 21.1. The predicted octanol–water partition coefficient (Wildman–Crippen LogP) is 2.57. The molecule has 0 fully saturated rings. The van der Waals surface area contributed by atoms with Crippen LogP contribution in [0, 0.1) is 12.8 Å². The van der Waals surface area contributed by atoms with Crippen molar-refractivity contribution in [2.75, 3.05) is 23.5 Å². The second-order valence-corrected chi connectivity index (χ2v) is 8.98. The lowest BCUT2D eigenvalue weighted by molar-refractivity contribution is 0.260. The molecule has 0 saturated heterocycles. The molecule has 0 radical (unpaired) electrons. The van der Waals surface area contributed by atoms with E-state index in [9.17, 15) is 13.2 Å². The van der Waals surface area contributed by atoms with Crippen molar-refractivity contribution < 1.29 is 17.9 Å². The number of aryl methyl sites for hydroxylation is 1. The number of nitrogens with one attached hydrogen (secondary N) is 3. The second kappa shape index (κ2) is 9.11. The van der Waals surface area contributed by atoms with Gasteiger partial charge in [-0.05, 0) is 30.5 Å². The van der Waals surface area contributed by atoms with Crippen LogP contribution in [-0.2, 0) is 16.6 Å². The van der Waals surface area contributed by atoms with E-state index in [4.69, 9.17) is 4.74 Å². The zero-order valence-corrected chi connectivity index (χ0v) is 17.2. The molecule has 1 heterocycles. The van der Waals surface area contributed by atoms with E-state index in [-0.39, 0.29) is 17.5 Å². The first-order valence-electron chi connectivity index (χ1n) is 8.21. The molecular formula is C16H23N5O4S2. The van der Waals surface area contributed by atoms with Crippen molar-refractivity contribution >= 4 is 38.4 Å². The number of anilines is 2. The average Bonchev–Trinajstić information content (AvgIpc) is 3.00. The Labute approximate surface area is 162 Å². The number of carbonyl (C=O) groups excluding carboxylic acids is 1. The maximum atomic E-state index is 12.2. The van der Waals surface area contributed by atoms with Crippen LogP contribution >= 0.6 is 11.5 Å². The molecule has 27 heavy (non-hydrogen) atoms. The lowest BCUT2D eigenvalue weighted by Crippen LogP contribution is -2.22. The normalized spacial score (nSPS) is 11.4. The summed E-state index contributed by atoms with van der Waals surface area (Å²) in [5.41, 5.74) is 1.56. The summed E-state index contributed by atoms with van der Waals surface area (Å²) in [4.78, 5) is 16.3. The Morgan fingerprint density at radius 2 is 2.04 bits per heavy atom. The number of hydrogen-bond donors (Lipinski definition) is 3. The molecule has 2 aromatic rings. The van der Waals surface area contributed by atoms with Gasteiger partial charge in [0.2, 0.25) is 15.2 Å². The minimum absolute atomic E-state index is 0.0379. The molecule has 0 saturated carbocycles. The Morgan fingerprint density at radius 1 is 1.30 bits per heavy atom. The van der Waals surface area contributed by atoms with Gasteiger partial charge in [0.15, 0.2) is 5.82 Å². The highest BCUT2D eigenvalue weighted by molar-refractivity contribution is 7.88. The first-order valence-corrected chi connectivity index (χ1v) is 10.9. The molecule has 0 atom stereocenters. The second-order valence-electron chi connectivity index (χ2n) is 6.39. The Morgan fingerprint density at radius 3 is 2.70 bits per heavy atom. The monoisotopic (exact) mass is 413 g/mol. The van der Waals surface area contributed by atoms with E-state index in [1.807, 2.05) is 32.9 Å². The highest BCUT2D eigenvalue weighted by Crippen LogP contribution is 2.26. The summed E-state index contributed by atoms with van der Waals surface area (Å²) in [6.45, 7) is 6.53. The highest BCUT2D eigenvalue weighted by Gasteiger charge is 2.12. The quantitative estimate of drug-likeness (QED) is 0.611. The third kappa shape index (κ3) is 7.49. The first-order chi connectivity index (χ1) is 12.6. The molecule has 1 aromatic carbocycles. The van der Waals surface area contributed by atoms with Gasteiger partial charge in [-0.3, -0.25) is 5.32 Å². The lowest BCUT2D eigenvalue weighted by Gasteiger charge is -2.14. The number of hydrogen-bond acceptors (Lipinski definition) is 7. The van der Waals surface area contributed by atoms with Gasteiger partial charge < -0.3 is 10.1 Å². The Bertz CT molecular complexity index is 896. The van der Waals surface area contributed by atoms with E-state index in [1.54, 1.807) is 6.07 Å². The van der Waals surface area contributed by atoms with Gasteiger partial charge in [-0.25, -0.2) is 22.9 Å². The molecule has 3 N–H and O–H groups in total. The standard InChI is InChI=1S/C16H23N5O4S2/c1-10(2)9-25-13-7-11(3)5-6-12(13)18-15(22)20-16-19-14(21-26-16)8-17-27(4,23)24/h5-7,10,17H,8-9H2,1-4H3,(H2,18,19,20,21,22). The molecule has 148 valence electrons. The van der Waals surface area contributed by atoms with E-state index < -0.39 is 16.1 Å². The predicted molar refractivity (Wildman–Crippen MR) is 106 cm³/mol. The van der Waals surface area contributed by atoms with Gasteiger partial charge >= 0.3 is 6.03 Å². The summed E-state index contributed by atoms with van der Waals surface area (Å²) < 4.78 is 34.2. The Hall–Kier alpha value is -2.24. The van der Waals surface area contributed by atoms with Gasteiger partial charge in [0.1, 0.15) is 5.75 Å². The fraction of sp³-hybridized carbons (Fsp3) is 0.438. The zero-order valence-electron chi connectivity index (χ0n) is 15.6. The van der Waals surface area contributed by atoms with Crippen molar-refractivity contribution in [1.29, 1.82) is 0 Å². The summed E-state index contributed by atoms with van der Waals surface area (Å²) in [5.74, 6) is 1.22. The van der Waals surface area contributed by atoms with Crippen molar-refractivity contribution in [3.05, 3.63) is 29.6 Å². The fourth-order valence-electron chi connectivity index (χ4n) is 1.93. The van der Waals surface area contributed by atoms with Crippen molar-refractivity contribution in [3.8, 4) is 5.75 Å².